The van der Waals surface area contributed by atoms with E-state index in [1.807, 2.05) is 31.1 Å². The Bertz CT molecular complexity index is 1270. The van der Waals surface area contributed by atoms with Crippen LogP contribution in [-0.4, -0.2) is 47.9 Å². The van der Waals surface area contributed by atoms with E-state index in [4.69, 9.17) is 11.6 Å². The van der Waals surface area contributed by atoms with Gasteiger partial charge in [-0.1, -0.05) is 29.0 Å². The van der Waals surface area contributed by atoms with Gasteiger partial charge in [0.25, 0.3) is 11.6 Å². The van der Waals surface area contributed by atoms with Crippen molar-refractivity contribution in [3.8, 4) is 0 Å². The van der Waals surface area contributed by atoms with Crippen LogP contribution < -0.4 is 4.90 Å². The molecule has 162 valence electrons. The van der Waals surface area contributed by atoms with E-state index in [9.17, 15) is 14.9 Å². The monoisotopic (exact) mass is 496 g/mol. The van der Waals surface area contributed by atoms with Gasteiger partial charge in [0, 0.05) is 35.3 Å². The molecule has 0 saturated heterocycles. The van der Waals surface area contributed by atoms with Gasteiger partial charge < -0.3 is 4.90 Å². The molecule has 1 amide bonds. The zero-order valence-corrected chi connectivity index (χ0v) is 19.8. The quantitative estimate of drug-likeness (QED) is 0.252. The van der Waals surface area contributed by atoms with Crippen molar-refractivity contribution in [3.05, 3.63) is 62.5 Å². The molecule has 0 aliphatic heterocycles. The first-order valence-corrected chi connectivity index (χ1v) is 11.0. The number of hydrogen-bond acceptors (Lipinski definition) is 7. The number of nitro groups is 1. The van der Waals surface area contributed by atoms with Crippen LogP contribution in [0.15, 0.2) is 42.5 Å². The summed E-state index contributed by atoms with van der Waals surface area (Å²) >= 11 is 9.00. The van der Waals surface area contributed by atoms with Crippen molar-refractivity contribution in [2.75, 3.05) is 32.1 Å². The molecule has 0 atom stereocenters. The predicted octanol–water partition coefficient (Wildman–Crippen LogP) is 5.70. The Kier molecular flexibility index (Phi) is 7.13. The number of halogens is 2. The molecule has 0 N–H and O–H groups in total. The summed E-state index contributed by atoms with van der Waals surface area (Å²) in [6.07, 6.45) is 0. The number of non-ortho nitro benzene ring substituents is 1. The van der Waals surface area contributed by atoms with E-state index in [1.54, 1.807) is 23.1 Å². The lowest BCUT2D eigenvalue weighted by atomic mass is 10.2. The Morgan fingerprint density at radius 1 is 1.13 bits per heavy atom. The van der Waals surface area contributed by atoms with Crippen molar-refractivity contribution in [2.24, 2.45) is 0 Å². The van der Waals surface area contributed by atoms with Crippen molar-refractivity contribution < 1.29 is 9.72 Å². The second-order valence-corrected chi connectivity index (χ2v) is 9.43. The maximum absolute atomic E-state index is 13.4. The molecule has 2 aromatic heterocycles. The number of fused-ring (bicyclic) bond motifs is 2. The number of benzene rings is 2. The van der Waals surface area contributed by atoms with Gasteiger partial charge in [-0.2, -0.15) is 0 Å². The minimum atomic E-state index is -0.438. The first-order valence-electron chi connectivity index (χ1n) is 9.03. The number of thiophene rings is 1. The third-order valence-corrected chi connectivity index (χ3v) is 6.98. The zero-order valence-electron chi connectivity index (χ0n) is 16.6. The fourth-order valence-corrected chi connectivity index (χ4v) is 5.27. The van der Waals surface area contributed by atoms with Crippen LogP contribution in [0.25, 0.3) is 20.3 Å². The number of carbonyl (C=O) groups excluding carboxylic acids is 1. The number of nitrogens with zero attached hydrogens (tertiary/aromatic N) is 4. The lowest BCUT2D eigenvalue weighted by Crippen LogP contribution is -2.36. The normalized spacial score (nSPS) is 11.1. The summed E-state index contributed by atoms with van der Waals surface area (Å²) in [6.45, 7) is 1.11. The Hall–Kier alpha value is -2.30. The molecule has 0 unspecified atom stereocenters. The topological polar surface area (TPSA) is 79.6 Å². The zero-order chi connectivity index (χ0) is 21.4. The molecule has 0 aliphatic rings. The minimum Gasteiger partial charge on any atom is -0.308 e. The van der Waals surface area contributed by atoms with Gasteiger partial charge in [-0.3, -0.25) is 19.8 Å². The molecule has 4 aromatic rings. The molecular formula is C20H18Cl2N4O3S2. The number of nitro benzene ring substituents is 1. The Balaban J connectivity index is 0.00000272. The van der Waals surface area contributed by atoms with Crippen LogP contribution in [0.5, 0.6) is 0 Å². The lowest BCUT2D eigenvalue weighted by molar-refractivity contribution is -0.384. The van der Waals surface area contributed by atoms with Crippen LogP contribution in [0.3, 0.4) is 0 Å². The number of likely N-dealkylation sites (N-methyl/N-ethyl adjacent to an activating group) is 1. The number of para-hydroxylation sites is 1. The smallest absolute Gasteiger partial charge is 0.270 e. The number of carbonyl (C=O) groups is 1. The molecular weight excluding hydrogens is 479 g/mol. The molecule has 11 heteroatoms. The lowest BCUT2D eigenvalue weighted by Gasteiger charge is -2.21. The maximum atomic E-state index is 13.4. The fraction of sp³-hybridized carbons (Fsp3) is 0.200. The van der Waals surface area contributed by atoms with Crippen molar-refractivity contribution in [2.45, 2.75) is 0 Å². The molecule has 31 heavy (non-hydrogen) atoms. The van der Waals surface area contributed by atoms with Gasteiger partial charge in [-0.15, -0.1) is 23.7 Å². The minimum absolute atomic E-state index is 0. The highest BCUT2D eigenvalue weighted by Gasteiger charge is 2.24. The van der Waals surface area contributed by atoms with Crippen molar-refractivity contribution >= 4 is 83.7 Å². The van der Waals surface area contributed by atoms with Crippen molar-refractivity contribution in [3.63, 3.8) is 0 Å². The van der Waals surface area contributed by atoms with E-state index >= 15 is 0 Å². The van der Waals surface area contributed by atoms with E-state index in [1.165, 1.54) is 34.8 Å². The van der Waals surface area contributed by atoms with Gasteiger partial charge in [-0.05, 0) is 38.4 Å². The number of rotatable bonds is 6. The maximum Gasteiger partial charge on any atom is 0.270 e. The summed E-state index contributed by atoms with van der Waals surface area (Å²) in [7, 11) is 3.88. The van der Waals surface area contributed by atoms with Crippen LogP contribution in [-0.2, 0) is 0 Å². The van der Waals surface area contributed by atoms with Gasteiger partial charge in [0.1, 0.15) is 5.52 Å². The molecule has 4 rings (SSSR count). The standard InChI is InChI=1S/C20H17ClN4O3S2.ClH/c1-23(2)8-9-24(20-22-18-14(21)4-3-5-16(18)30-20)19(26)17-11-12-10-13(25(27)28)6-7-15(12)29-17;/h3-7,10-11H,8-9H2,1-2H3;1H. The second-order valence-electron chi connectivity index (χ2n) is 6.93. The van der Waals surface area contributed by atoms with Crippen molar-refractivity contribution in [1.82, 2.24) is 9.88 Å². The number of amides is 1. The van der Waals surface area contributed by atoms with E-state index in [0.29, 0.717) is 39.0 Å². The molecule has 7 nitrogen and oxygen atoms in total. The molecule has 0 radical (unpaired) electrons. The first-order chi connectivity index (χ1) is 14.3. The van der Waals surface area contributed by atoms with Gasteiger partial charge >= 0.3 is 0 Å². The largest absolute Gasteiger partial charge is 0.308 e. The molecule has 0 fully saturated rings. The average molecular weight is 497 g/mol. The van der Waals surface area contributed by atoms with E-state index in [-0.39, 0.29) is 24.0 Å². The van der Waals surface area contributed by atoms with E-state index in [2.05, 4.69) is 4.98 Å². The summed E-state index contributed by atoms with van der Waals surface area (Å²) in [5, 5.41) is 12.9. The van der Waals surface area contributed by atoms with Crippen LogP contribution >= 0.6 is 46.7 Å². The first kappa shape index (κ1) is 23.4. The predicted molar refractivity (Wildman–Crippen MR) is 131 cm³/mol. The van der Waals surface area contributed by atoms with Gasteiger partial charge in [0.15, 0.2) is 5.13 Å². The van der Waals surface area contributed by atoms with Crippen LogP contribution in [0, 0.1) is 10.1 Å². The molecule has 0 saturated carbocycles. The SMILES string of the molecule is CN(C)CCN(C(=O)c1cc2cc([N+](=O)[O-])ccc2s1)c1nc2c(Cl)cccc2s1.Cl. The Labute approximate surface area is 197 Å². The van der Waals surface area contributed by atoms with E-state index in [0.717, 1.165) is 9.40 Å². The highest BCUT2D eigenvalue weighted by Crippen LogP contribution is 2.35. The summed E-state index contributed by atoms with van der Waals surface area (Å²) in [5.74, 6) is -0.184. The molecule has 0 spiro atoms. The number of hydrogen-bond donors (Lipinski definition) is 0. The average Bonchev–Trinajstić information content (AvgIpc) is 3.32. The van der Waals surface area contributed by atoms with Crippen LogP contribution in [0.2, 0.25) is 5.02 Å². The highest BCUT2D eigenvalue weighted by atomic mass is 35.5. The summed E-state index contributed by atoms with van der Waals surface area (Å²) in [6, 6.07) is 11.9. The number of aromatic nitrogens is 1. The number of thiazole rings is 1. The second kappa shape index (κ2) is 9.46. The highest BCUT2D eigenvalue weighted by molar-refractivity contribution is 7.23. The van der Waals surface area contributed by atoms with Crippen LogP contribution in [0.1, 0.15) is 9.67 Å². The molecule has 0 bridgehead atoms. The van der Waals surface area contributed by atoms with Gasteiger partial charge in [0.2, 0.25) is 0 Å². The fourth-order valence-electron chi connectivity index (χ4n) is 2.99. The third kappa shape index (κ3) is 4.81. The van der Waals surface area contributed by atoms with Gasteiger partial charge in [-0.25, -0.2) is 4.98 Å². The van der Waals surface area contributed by atoms with Crippen molar-refractivity contribution in [1.29, 1.82) is 0 Å². The summed E-state index contributed by atoms with van der Waals surface area (Å²) < 4.78 is 1.73. The summed E-state index contributed by atoms with van der Waals surface area (Å²) in [5.41, 5.74) is 0.679. The Morgan fingerprint density at radius 2 is 1.90 bits per heavy atom. The molecule has 0 aliphatic carbocycles. The van der Waals surface area contributed by atoms with E-state index < -0.39 is 4.92 Å². The van der Waals surface area contributed by atoms with Crippen LogP contribution in [0.4, 0.5) is 10.8 Å². The third-order valence-electron chi connectivity index (χ3n) is 4.53. The van der Waals surface area contributed by atoms with Gasteiger partial charge in [0.05, 0.1) is 19.5 Å². The summed E-state index contributed by atoms with van der Waals surface area (Å²) in [4.78, 5) is 32.8. The molecule has 2 heterocycles. The Morgan fingerprint density at radius 3 is 2.58 bits per heavy atom. The molecule has 2 aromatic carbocycles. The number of anilines is 1.